The van der Waals surface area contributed by atoms with Crippen LogP contribution in [-0.2, 0) is 4.79 Å². The molecule has 4 heteroatoms. The summed E-state index contributed by atoms with van der Waals surface area (Å²) >= 11 is 0. The predicted molar refractivity (Wildman–Crippen MR) is 103 cm³/mol. The van der Waals surface area contributed by atoms with E-state index in [9.17, 15) is 4.79 Å². The first-order chi connectivity index (χ1) is 12.0. The highest BCUT2D eigenvalue weighted by Gasteiger charge is 2.14. The van der Waals surface area contributed by atoms with Crippen LogP contribution in [0.15, 0.2) is 54.6 Å². The highest BCUT2D eigenvalue weighted by Crippen LogP contribution is 2.21. The van der Waals surface area contributed by atoms with E-state index in [1.807, 2.05) is 57.4 Å². The molecule has 0 fully saturated rings. The molecule has 0 saturated heterocycles. The van der Waals surface area contributed by atoms with E-state index in [0.717, 1.165) is 16.9 Å². The van der Waals surface area contributed by atoms with E-state index in [1.165, 1.54) is 5.56 Å². The van der Waals surface area contributed by atoms with Crippen molar-refractivity contribution in [1.82, 2.24) is 10.2 Å². The van der Waals surface area contributed by atoms with Gasteiger partial charge in [-0.25, -0.2) is 0 Å². The van der Waals surface area contributed by atoms with Crippen LogP contribution in [0.4, 0.5) is 0 Å². The molecule has 0 spiro atoms. The number of amides is 1. The van der Waals surface area contributed by atoms with Crippen molar-refractivity contribution in [3.8, 4) is 5.75 Å². The van der Waals surface area contributed by atoms with Gasteiger partial charge >= 0.3 is 0 Å². The molecule has 2 rings (SSSR count). The van der Waals surface area contributed by atoms with Gasteiger partial charge in [0.1, 0.15) is 5.75 Å². The van der Waals surface area contributed by atoms with Crippen LogP contribution in [0.5, 0.6) is 5.75 Å². The number of hydrogen-bond donors (Lipinski definition) is 1. The van der Waals surface area contributed by atoms with Gasteiger partial charge in [0.25, 0.3) is 0 Å². The quantitative estimate of drug-likeness (QED) is 0.787. The molecular formula is C21H26N2O2. The van der Waals surface area contributed by atoms with E-state index < -0.39 is 0 Å². The number of nitrogens with zero attached hydrogens (tertiary/aromatic N) is 1. The fourth-order valence-electron chi connectivity index (χ4n) is 2.68. The number of nitrogens with one attached hydrogen (secondary N) is 1. The highest BCUT2D eigenvalue weighted by molar-refractivity contribution is 5.92. The summed E-state index contributed by atoms with van der Waals surface area (Å²) in [6.07, 6.45) is 3.34. The Bertz CT molecular complexity index is 724. The fourth-order valence-corrected chi connectivity index (χ4v) is 2.68. The number of hydrogen-bond acceptors (Lipinski definition) is 3. The van der Waals surface area contributed by atoms with Crippen LogP contribution < -0.4 is 10.1 Å². The lowest BCUT2D eigenvalue weighted by molar-refractivity contribution is -0.116. The van der Waals surface area contributed by atoms with Gasteiger partial charge in [-0.15, -0.1) is 0 Å². The molecule has 2 aromatic rings. The monoisotopic (exact) mass is 338 g/mol. The number of likely N-dealkylation sites (N-methyl/N-ethyl adjacent to an activating group) is 1. The van der Waals surface area contributed by atoms with Crippen molar-refractivity contribution in [1.29, 1.82) is 0 Å². The van der Waals surface area contributed by atoms with Crippen molar-refractivity contribution in [3.05, 3.63) is 71.3 Å². The van der Waals surface area contributed by atoms with Gasteiger partial charge in [-0.05, 0) is 44.8 Å². The molecule has 4 nitrogen and oxygen atoms in total. The average molecular weight is 338 g/mol. The second kappa shape index (κ2) is 9.04. The zero-order chi connectivity index (χ0) is 18.2. The molecule has 1 unspecified atom stereocenters. The van der Waals surface area contributed by atoms with Gasteiger partial charge in [-0.2, -0.15) is 0 Å². The molecule has 0 radical (unpaired) electrons. The molecule has 132 valence electrons. The average Bonchev–Trinajstić information content (AvgIpc) is 2.61. The second-order valence-electron chi connectivity index (χ2n) is 6.21. The van der Waals surface area contributed by atoms with Crippen molar-refractivity contribution in [2.45, 2.75) is 13.0 Å². The minimum absolute atomic E-state index is 0.119. The van der Waals surface area contributed by atoms with Gasteiger partial charge in [0.15, 0.2) is 0 Å². The fraction of sp³-hybridized carbons (Fsp3) is 0.286. The molecule has 0 aliphatic heterocycles. The molecule has 1 N–H and O–H groups in total. The summed E-state index contributed by atoms with van der Waals surface area (Å²) in [6, 6.07) is 16.2. The zero-order valence-corrected chi connectivity index (χ0v) is 15.3. The summed E-state index contributed by atoms with van der Waals surface area (Å²) in [4.78, 5) is 14.3. The van der Waals surface area contributed by atoms with Crippen molar-refractivity contribution in [2.75, 3.05) is 27.7 Å². The van der Waals surface area contributed by atoms with Gasteiger partial charge in [-0.1, -0.05) is 42.0 Å². The van der Waals surface area contributed by atoms with Crippen LogP contribution in [0.2, 0.25) is 0 Å². The lowest BCUT2D eigenvalue weighted by Gasteiger charge is -2.24. The molecule has 1 amide bonds. The SMILES string of the molecule is COc1ccc(C)cc1/C=C/C(=O)NCC(c1ccccc1)N(C)C. The Morgan fingerprint density at radius 1 is 1.20 bits per heavy atom. The Morgan fingerprint density at radius 3 is 2.56 bits per heavy atom. The third-order valence-electron chi connectivity index (χ3n) is 4.08. The molecule has 1 atom stereocenters. The topological polar surface area (TPSA) is 41.6 Å². The first kappa shape index (κ1) is 18.7. The minimum atomic E-state index is -0.119. The summed E-state index contributed by atoms with van der Waals surface area (Å²) in [6.45, 7) is 2.56. The van der Waals surface area contributed by atoms with E-state index >= 15 is 0 Å². The van der Waals surface area contributed by atoms with Crippen molar-refractivity contribution < 1.29 is 9.53 Å². The van der Waals surface area contributed by atoms with Gasteiger partial charge in [-0.3, -0.25) is 4.79 Å². The second-order valence-corrected chi connectivity index (χ2v) is 6.21. The van der Waals surface area contributed by atoms with E-state index in [2.05, 4.69) is 22.3 Å². The number of methoxy groups -OCH3 is 1. The first-order valence-electron chi connectivity index (χ1n) is 8.33. The maximum atomic E-state index is 12.2. The Labute approximate surface area is 150 Å². The van der Waals surface area contributed by atoms with Gasteiger partial charge < -0.3 is 15.0 Å². The molecule has 0 saturated carbocycles. The molecule has 0 heterocycles. The number of rotatable bonds is 7. The van der Waals surface area contributed by atoms with E-state index in [-0.39, 0.29) is 11.9 Å². The maximum absolute atomic E-state index is 12.2. The largest absolute Gasteiger partial charge is 0.496 e. The Balaban J connectivity index is 2.01. The first-order valence-corrected chi connectivity index (χ1v) is 8.33. The lowest BCUT2D eigenvalue weighted by atomic mass is 10.1. The van der Waals surface area contributed by atoms with Gasteiger partial charge in [0, 0.05) is 18.2 Å². The molecular weight excluding hydrogens is 312 g/mol. The van der Waals surface area contributed by atoms with Gasteiger partial charge in [0.2, 0.25) is 5.91 Å². The summed E-state index contributed by atoms with van der Waals surface area (Å²) in [7, 11) is 5.65. The number of ether oxygens (including phenoxy) is 1. The Morgan fingerprint density at radius 2 is 1.92 bits per heavy atom. The van der Waals surface area contributed by atoms with Crippen LogP contribution in [0, 0.1) is 6.92 Å². The summed E-state index contributed by atoms with van der Waals surface area (Å²) in [5.74, 6) is 0.636. The van der Waals surface area contributed by atoms with E-state index in [1.54, 1.807) is 19.3 Å². The van der Waals surface area contributed by atoms with Crippen molar-refractivity contribution in [2.24, 2.45) is 0 Å². The molecule has 0 aliphatic rings. The minimum Gasteiger partial charge on any atom is -0.496 e. The van der Waals surface area contributed by atoms with E-state index in [4.69, 9.17) is 4.74 Å². The van der Waals surface area contributed by atoms with Crippen LogP contribution in [-0.4, -0.2) is 38.6 Å². The highest BCUT2D eigenvalue weighted by atomic mass is 16.5. The molecule has 0 aromatic heterocycles. The van der Waals surface area contributed by atoms with Gasteiger partial charge in [0.05, 0.1) is 13.2 Å². The third kappa shape index (κ3) is 5.47. The maximum Gasteiger partial charge on any atom is 0.244 e. The van der Waals surface area contributed by atoms with Crippen LogP contribution >= 0.6 is 0 Å². The molecule has 25 heavy (non-hydrogen) atoms. The van der Waals surface area contributed by atoms with Crippen LogP contribution in [0.1, 0.15) is 22.7 Å². The Hall–Kier alpha value is -2.59. The predicted octanol–water partition coefficient (Wildman–Crippen LogP) is 3.44. The number of carbonyl (C=O) groups is 1. The van der Waals surface area contributed by atoms with Crippen LogP contribution in [0.3, 0.4) is 0 Å². The van der Waals surface area contributed by atoms with Crippen LogP contribution in [0.25, 0.3) is 6.08 Å². The number of benzene rings is 2. The molecule has 0 aliphatic carbocycles. The molecule has 0 bridgehead atoms. The summed E-state index contributed by atoms with van der Waals surface area (Å²) < 4.78 is 5.33. The van der Waals surface area contributed by atoms with Crippen molar-refractivity contribution >= 4 is 12.0 Å². The third-order valence-corrected chi connectivity index (χ3v) is 4.08. The zero-order valence-electron chi connectivity index (χ0n) is 15.3. The summed E-state index contributed by atoms with van der Waals surface area (Å²) in [5.41, 5.74) is 3.19. The standard InChI is InChI=1S/C21H26N2O2/c1-16-10-12-20(25-4)18(14-16)11-13-21(24)22-15-19(23(2)3)17-8-6-5-7-9-17/h5-14,19H,15H2,1-4H3,(H,22,24)/b13-11+. The summed E-state index contributed by atoms with van der Waals surface area (Å²) in [5, 5.41) is 2.98. The van der Waals surface area contributed by atoms with E-state index in [0.29, 0.717) is 6.54 Å². The lowest BCUT2D eigenvalue weighted by Crippen LogP contribution is -2.33. The molecule has 2 aromatic carbocycles. The number of aryl methyl sites for hydroxylation is 1. The smallest absolute Gasteiger partial charge is 0.244 e. The number of carbonyl (C=O) groups excluding carboxylic acids is 1. The Kier molecular flexibility index (Phi) is 6.78. The van der Waals surface area contributed by atoms with Crippen molar-refractivity contribution in [3.63, 3.8) is 0 Å². The normalized spacial score (nSPS) is 12.4.